The molecule has 50 heavy (non-hydrogen) atoms. The number of hydrogen-bond donors (Lipinski definition) is 2. The van der Waals surface area contributed by atoms with Gasteiger partial charge in [-0.1, -0.05) is 48.9 Å². The SMILES string of the molecule is CC(C)(C)OC(=O)N[C@@H]1CCC[C@@H]1c1ncc(-c2ccc(-c3ccc4c(c3)CCCc3nc([C@@H]5CCCN5C(=O)OC(C)(C)C)oc3-4)cc2)[nH]1. The topological polar surface area (TPSA) is 123 Å². The number of nitrogens with zero attached hydrogens (tertiary/aromatic N) is 3. The first kappa shape index (κ1) is 33.9. The van der Waals surface area contributed by atoms with Crippen molar-refractivity contribution in [3.05, 3.63) is 71.6 Å². The van der Waals surface area contributed by atoms with Crippen LogP contribution < -0.4 is 5.32 Å². The van der Waals surface area contributed by atoms with E-state index in [1.165, 1.54) is 5.56 Å². The number of carbonyl (C=O) groups is 2. The van der Waals surface area contributed by atoms with Crippen LogP contribution in [0.3, 0.4) is 0 Å². The second-order valence-electron chi connectivity index (χ2n) is 15.9. The number of imidazole rings is 1. The normalized spacial score (nSPS) is 20.6. The van der Waals surface area contributed by atoms with E-state index in [2.05, 4.69) is 52.8 Å². The summed E-state index contributed by atoms with van der Waals surface area (Å²) in [6, 6.07) is 14.9. The molecule has 0 unspecified atom stereocenters. The van der Waals surface area contributed by atoms with Crippen LogP contribution in [-0.2, 0) is 22.3 Å². The van der Waals surface area contributed by atoms with Crippen LogP contribution in [-0.4, -0.2) is 55.8 Å². The number of ether oxygens (including phenoxy) is 2. The van der Waals surface area contributed by atoms with E-state index in [9.17, 15) is 9.59 Å². The summed E-state index contributed by atoms with van der Waals surface area (Å²) < 4.78 is 17.7. The van der Waals surface area contributed by atoms with Crippen molar-refractivity contribution in [3.63, 3.8) is 0 Å². The quantitative estimate of drug-likeness (QED) is 0.216. The van der Waals surface area contributed by atoms with Crippen LogP contribution in [0.15, 0.2) is 53.1 Å². The molecule has 264 valence electrons. The van der Waals surface area contributed by atoms with E-state index >= 15 is 0 Å². The Balaban J connectivity index is 1.06. The van der Waals surface area contributed by atoms with E-state index in [0.29, 0.717) is 12.4 Å². The number of amides is 2. The van der Waals surface area contributed by atoms with Crippen LogP contribution in [0.5, 0.6) is 0 Å². The van der Waals surface area contributed by atoms with Crippen LogP contribution >= 0.6 is 0 Å². The number of rotatable bonds is 5. The molecule has 0 spiro atoms. The van der Waals surface area contributed by atoms with E-state index in [1.54, 1.807) is 4.90 Å². The lowest BCUT2D eigenvalue weighted by molar-refractivity contribution is 0.0204. The lowest BCUT2D eigenvalue weighted by Crippen LogP contribution is -2.40. The molecule has 3 aliphatic rings. The molecule has 2 fully saturated rings. The minimum Gasteiger partial charge on any atom is -0.444 e. The van der Waals surface area contributed by atoms with E-state index in [-0.39, 0.29) is 30.2 Å². The highest BCUT2D eigenvalue weighted by Crippen LogP contribution is 2.40. The number of aryl methyl sites for hydroxylation is 2. The summed E-state index contributed by atoms with van der Waals surface area (Å²) in [4.78, 5) is 40.4. The number of fused-ring (bicyclic) bond motifs is 3. The zero-order valence-electron chi connectivity index (χ0n) is 30.1. The van der Waals surface area contributed by atoms with Gasteiger partial charge in [-0.15, -0.1) is 0 Å². The van der Waals surface area contributed by atoms with Gasteiger partial charge in [0, 0.05) is 24.1 Å². The number of H-pyrrole nitrogens is 1. The molecule has 4 aromatic rings. The molecule has 0 bridgehead atoms. The Hall–Kier alpha value is -4.60. The smallest absolute Gasteiger partial charge is 0.410 e. The van der Waals surface area contributed by atoms with Crippen LogP contribution in [0.25, 0.3) is 33.7 Å². The summed E-state index contributed by atoms with van der Waals surface area (Å²) in [7, 11) is 0. The third-order valence-electron chi connectivity index (χ3n) is 9.78. The number of carbonyl (C=O) groups excluding carboxylic acids is 2. The third kappa shape index (κ3) is 7.30. The molecule has 1 aliphatic heterocycles. The van der Waals surface area contributed by atoms with Gasteiger partial charge in [0.25, 0.3) is 0 Å². The molecule has 2 amide bonds. The summed E-state index contributed by atoms with van der Waals surface area (Å²) in [5.74, 6) is 2.45. The highest BCUT2D eigenvalue weighted by Gasteiger charge is 2.37. The molecule has 7 rings (SSSR count). The Labute approximate surface area is 294 Å². The number of likely N-dealkylation sites (tertiary alicyclic amines) is 1. The minimum atomic E-state index is -0.555. The lowest BCUT2D eigenvalue weighted by Gasteiger charge is -2.27. The van der Waals surface area contributed by atoms with Crippen molar-refractivity contribution in [2.75, 3.05) is 6.54 Å². The van der Waals surface area contributed by atoms with E-state index in [1.807, 2.05) is 47.7 Å². The van der Waals surface area contributed by atoms with Gasteiger partial charge in [-0.05, 0) is 109 Å². The second kappa shape index (κ2) is 13.3. The van der Waals surface area contributed by atoms with Crippen molar-refractivity contribution in [2.24, 2.45) is 0 Å². The highest BCUT2D eigenvalue weighted by molar-refractivity contribution is 5.75. The summed E-state index contributed by atoms with van der Waals surface area (Å²) in [5, 5.41) is 3.07. The fourth-order valence-corrected chi connectivity index (χ4v) is 7.54. The van der Waals surface area contributed by atoms with E-state index in [0.717, 1.165) is 96.6 Å². The molecule has 2 aliphatic carbocycles. The number of aromatic nitrogens is 3. The average Bonchev–Trinajstić information content (AvgIpc) is 3.85. The highest BCUT2D eigenvalue weighted by atomic mass is 16.6. The maximum atomic E-state index is 13.0. The molecule has 10 nitrogen and oxygen atoms in total. The first-order valence-electron chi connectivity index (χ1n) is 18.1. The van der Waals surface area contributed by atoms with Crippen LogP contribution in [0.2, 0.25) is 0 Å². The largest absolute Gasteiger partial charge is 0.444 e. The average molecular weight is 680 g/mol. The Morgan fingerprint density at radius 3 is 2.38 bits per heavy atom. The first-order valence-corrected chi connectivity index (χ1v) is 18.1. The summed E-state index contributed by atoms with van der Waals surface area (Å²) in [6.45, 7) is 11.9. The van der Waals surface area contributed by atoms with E-state index in [4.69, 9.17) is 23.9 Å². The zero-order valence-corrected chi connectivity index (χ0v) is 30.1. The lowest BCUT2D eigenvalue weighted by atomic mass is 9.96. The Morgan fingerprint density at radius 1 is 0.880 bits per heavy atom. The van der Waals surface area contributed by atoms with Crippen molar-refractivity contribution >= 4 is 12.2 Å². The molecule has 2 aromatic carbocycles. The number of benzene rings is 2. The fraction of sp³-hybridized carbons (Fsp3) is 0.500. The van der Waals surface area contributed by atoms with Gasteiger partial charge in [0.15, 0.2) is 5.76 Å². The maximum absolute atomic E-state index is 13.0. The Kier molecular flexibility index (Phi) is 8.99. The molecule has 2 N–H and O–H groups in total. The minimum absolute atomic E-state index is 0.00584. The number of aromatic amines is 1. The molecule has 3 heterocycles. The van der Waals surface area contributed by atoms with Gasteiger partial charge in [0.05, 0.1) is 17.6 Å². The number of oxazole rings is 1. The summed E-state index contributed by atoms with van der Waals surface area (Å²) >= 11 is 0. The van der Waals surface area contributed by atoms with Gasteiger partial charge in [-0.3, -0.25) is 4.90 Å². The van der Waals surface area contributed by atoms with Crippen molar-refractivity contribution in [3.8, 4) is 33.7 Å². The van der Waals surface area contributed by atoms with Crippen molar-refractivity contribution in [1.82, 2.24) is 25.2 Å². The van der Waals surface area contributed by atoms with Gasteiger partial charge >= 0.3 is 12.2 Å². The predicted molar refractivity (Wildman–Crippen MR) is 192 cm³/mol. The predicted octanol–water partition coefficient (Wildman–Crippen LogP) is 9.12. The van der Waals surface area contributed by atoms with Crippen molar-refractivity contribution in [1.29, 1.82) is 0 Å². The van der Waals surface area contributed by atoms with Crippen molar-refractivity contribution in [2.45, 2.75) is 122 Å². The second-order valence-corrected chi connectivity index (χ2v) is 15.9. The zero-order chi connectivity index (χ0) is 35.2. The molecular weight excluding hydrogens is 630 g/mol. The molecule has 2 aromatic heterocycles. The first-order chi connectivity index (χ1) is 23.8. The Bertz CT molecular complexity index is 1860. The Morgan fingerprint density at radius 2 is 1.62 bits per heavy atom. The molecule has 1 saturated heterocycles. The van der Waals surface area contributed by atoms with Gasteiger partial charge in [0.1, 0.15) is 23.1 Å². The van der Waals surface area contributed by atoms with Gasteiger partial charge in [0.2, 0.25) is 5.89 Å². The molecule has 0 radical (unpaired) electrons. The number of nitrogens with one attached hydrogen (secondary N) is 2. The van der Waals surface area contributed by atoms with Crippen LogP contribution in [0.1, 0.15) is 115 Å². The fourth-order valence-electron chi connectivity index (χ4n) is 7.54. The standard InChI is InChI=1S/C40H49N5O5/c1-39(2,3)49-37(46)44-30-12-8-11-29(30)35-41-23-32(42-35)25-17-15-24(16-18-25)26-19-20-28-27(22-26)10-7-13-31-34(28)48-36(43-31)33-14-9-21-45(33)38(47)50-40(4,5)6/h15-20,22-23,29-30,33H,7-14,21H2,1-6H3,(H,41,42)(H,44,46)/t29-,30+,33-/m0/s1. The third-order valence-corrected chi connectivity index (χ3v) is 9.78. The van der Waals surface area contributed by atoms with Crippen LogP contribution in [0.4, 0.5) is 9.59 Å². The summed E-state index contributed by atoms with van der Waals surface area (Å²) in [6.07, 6.45) is 8.56. The summed E-state index contributed by atoms with van der Waals surface area (Å²) in [5.41, 5.74) is 6.50. The van der Waals surface area contributed by atoms with Gasteiger partial charge < -0.3 is 24.2 Å². The van der Waals surface area contributed by atoms with E-state index < -0.39 is 11.2 Å². The number of alkyl carbamates (subject to hydrolysis) is 1. The maximum Gasteiger partial charge on any atom is 0.410 e. The molecule has 1 saturated carbocycles. The number of hydrogen-bond acceptors (Lipinski definition) is 7. The monoisotopic (exact) mass is 679 g/mol. The molecule has 10 heteroatoms. The van der Waals surface area contributed by atoms with Gasteiger partial charge in [-0.2, -0.15) is 0 Å². The molecule has 3 atom stereocenters. The molecular formula is C40H49N5O5. The van der Waals surface area contributed by atoms with Gasteiger partial charge in [-0.25, -0.2) is 19.6 Å². The van der Waals surface area contributed by atoms with Crippen molar-refractivity contribution < 1.29 is 23.5 Å². The van der Waals surface area contributed by atoms with Crippen LogP contribution in [0, 0.1) is 0 Å².